The molecule has 1 aromatic rings. The minimum atomic E-state index is -0.111. The smallest absolute Gasteiger partial charge is 0.239 e. The molecule has 0 spiro atoms. The molecule has 130 valence electrons. The number of aryl methyl sites for hydroxylation is 1. The quantitative estimate of drug-likeness (QED) is 0.922. The van der Waals surface area contributed by atoms with Gasteiger partial charge >= 0.3 is 0 Å². The zero-order chi connectivity index (χ0) is 16.9. The van der Waals surface area contributed by atoms with Crippen molar-refractivity contribution in [1.82, 2.24) is 10.2 Å². The number of piperidine rings is 1. The lowest BCUT2D eigenvalue weighted by atomic mass is 9.95. The maximum Gasteiger partial charge on any atom is 0.239 e. The summed E-state index contributed by atoms with van der Waals surface area (Å²) in [4.78, 5) is 25.9. The molecule has 2 fully saturated rings. The molecule has 1 aromatic carbocycles. The van der Waals surface area contributed by atoms with E-state index in [1.165, 1.54) is 5.56 Å². The highest BCUT2D eigenvalue weighted by molar-refractivity contribution is 5.85. The van der Waals surface area contributed by atoms with Crippen LogP contribution >= 0.6 is 0 Å². The number of likely N-dealkylation sites (tertiary alicyclic amines) is 1. The normalized spacial score (nSPS) is 24.7. The Bertz CT molecular complexity index is 585. The summed E-state index contributed by atoms with van der Waals surface area (Å²) in [5.74, 6) is 0.00393. The number of amides is 2. The molecule has 1 N–H and O–H groups in total. The van der Waals surface area contributed by atoms with E-state index < -0.39 is 0 Å². The van der Waals surface area contributed by atoms with Crippen LogP contribution in [0.3, 0.4) is 0 Å². The minimum Gasteiger partial charge on any atom is -0.371 e. The number of carbonyl (C=O) groups excluding carboxylic acids is 2. The summed E-state index contributed by atoms with van der Waals surface area (Å²) in [7, 11) is 0. The summed E-state index contributed by atoms with van der Waals surface area (Å²) in [5.41, 5.74) is 2.30. The minimum absolute atomic E-state index is 0.0335. The largest absolute Gasteiger partial charge is 0.371 e. The molecule has 2 amide bonds. The molecule has 0 bridgehead atoms. The van der Waals surface area contributed by atoms with Crippen molar-refractivity contribution in [3.05, 3.63) is 35.4 Å². The summed E-state index contributed by atoms with van der Waals surface area (Å²) in [6.07, 6.45) is 4.21. The number of nitrogens with one attached hydrogen (secondary N) is 1. The Labute approximate surface area is 143 Å². The Balaban J connectivity index is 1.61. The van der Waals surface area contributed by atoms with Crippen molar-refractivity contribution < 1.29 is 14.3 Å². The van der Waals surface area contributed by atoms with Crippen LogP contribution in [0.25, 0.3) is 0 Å². The molecular formula is C19H26N2O3. The van der Waals surface area contributed by atoms with Gasteiger partial charge in [-0.1, -0.05) is 29.8 Å². The van der Waals surface area contributed by atoms with Gasteiger partial charge in [-0.3, -0.25) is 9.59 Å². The Morgan fingerprint density at radius 1 is 1.25 bits per heavy atom. The van der Waals surface area contributed by atoms with Gasteiger partial charge in [0, 0.05) is 19.6 Å². The number of carbonyl (C=O) groups is 2. The fourth-order valence-electron chi connectivity index (χ4n) is 3.47. The van der Waals surface area contributed by atoms with Gasteiger partial charge in [0.2, 0.25) is 11.8 Å². The standard InChI is InChI=1S/C19H26N2O3/c1-14-7-9-15(10-8-14)19-16(5-4-12-24-19)20-17(22)13-21-11-3-2-6-18(21)23/h7-10,16,19H,2-6,11-13H2,1H3,(H,20,22). The second-order valence-corrected chi connectivity index (χ2v) is 6.79. The van der Waals surface area contributed by atoms with Gasteiger partial charge in [0.05, 0.1) is 12.6 Å². The third-order valence-corrected chi connectivity index (χ3v) is 4.83. The van der Waals surface area contributed by atoms with Crippen molar-refractivity contribution in [2.24, 2.45) is 0 Å². The third-order valence-electron chi connectivity index (χ3n) is 4.83. The zero-order valence-corrected chi connectivity index (χ0v) is 14.3. The van der Waals surface area contributed by atoms with E-state index in [4.69, 9.17) is 4.74 Å². The highest BCUT2D eigenvalue weighted by Gasteiger charge is 2.29. The van der Waals surface area contributed by atoms with Crippen molar-refractivity contribution in [1.29, 1.82) is 0 Å². The van der Waals surface area contributed by atoms with Crippen molar-refractivity contribution >= 4 is 11.8 Å². The Morgan fingerprint density at radius 2 is 2.04 bits per heavy atom. The highest BCUT2D eigenvalue weighted by Crippen LogP contribution is 2.28. The summed E-state index contributed by atoms with van der Waals surface area (Å²) >= 11 is 0. The van der Waals surface area contributed by atoms with E-state index in [0.29, 0.717) is 13.0 Å². The van der Waals surface area contributed by atoms with Gasteiger partial charge in [-0.2, -0.15) is 0 Å². The summed E-state index contributed by atoms with van der Waals surface area (Å²) < 4.78 is 5.93. The van der Waals surface area contributed by atoms with Crippen molar-refractivity contribution in [3.8, 4) is 0 Å². The molecular weight excluding hydrogens is 304 g/mol. The van der Waals surface area contributed by atoms with Crippen molar-refractivity contribution in [3.63, 3.8) is 0 Å². The molecule has 2 saturated heterocycles. The van der Waals surface area contributed by atoms with E-state index >= 15 is 0 Å². The van der Waals surface area contributed by atoms with E-state index in [1.54, 1.807) is 4.90 Å². The van der Waals surface area contributed by atoms with Gasteiger partial charge in [0.25, 0.3) is 0 Å². The number of hydrogen-bond donors (Lipinski definition) is 1. The Hall–Kier alpha value is -1.88. The summed E-state index contributed by atoms with van der Waals surface area (Å²) in [6.45, 7) is 3.63. The molecule has 2 heterocycles. The molecule has 2 aliphatic rings. The molecule has 5 nitrogen and oxygen atoms in total. The van der Waals surface area contributed by atoms with E-state index in [1.807, 2.05) is 0 Å². The van der Waals surface area contributed by atoms with Gasteiger partial charge in [-0.15, -0.1) is 0 Å². The number of benzene rings is 1. The van der Waals surface area contributed by atoms with Crippen molar-refractivity contribution in [2.75, 3.05) is 19.7 Å². The molecule has 24 heavy (non-hydrogen) atoms. The van der Waals surface area contributed by atoms with Crippen molar-refractivity contribution in [2.45, 2.75) is 51.2 Å². The summed E-state index contributed by atoms with van der Waals surface area (Å²) in [5, 5.41) is 3.09. The lowest BCUT2D eigenvalue weighted by Crippen LogP contribution is -2.48. The SMILES string of the molecule is Cc1ccc(C2OCCCC2NC(=O)CN2CCCCC2=O)cc1. The topological polar surface area (TPSA) is 58.6 Å². The van der Waals surface area contributed by atoms with Gasteiger partial charge in [0.15, 0.2) is 0 Å². The van der Waals surface area contributed by atoms with Crippen LogP contribution in [0.15, 0.2) is 24.3 Å². The van der Waals surface area contributed by atoms with Gasteiger partial charge in [-0.25, -0.2) is 0 Å². The van der Waals surface area contributed by atoms with E-state index in [-0.39, 0.29) is 30.5 Å². The molecule has 5 heteroatoms. The fraction of sp³-hybridized carbons (Fsp3) is 0.579. The van der Waals surface area contributed by atoms with E-state index in [0.717, 1.165) is 37.9 Å². The van der Waals surface area contributed by atoms with Crippen LogP contribution in [0, 0.1) is 6.92 Å². The second kappa shape index (κ2) is 7.79. The molecule has 0 saturated carbocycles. The third kappa shape index (κ3) is 4.15. The molecule has 2 atom stereocenters. The summed E-state index contributed by atoms with van der Waals surface area (Å²) in [6, 6.07) is 8.24. The van der Waals surface area contributed by atoms with Crippen LogP contribution in [0.5, 0.6) is 0 Å². The first-order valence-corrected chi connectivity index (χ1v) is 8.89. The fourth-order valence-corrected chi connectivity index (χ4v) is 3.47. The van der Waals surface area contributed by atoms with Gasteiger partial charge in [-0.05, 0) is 38.2 Å². The second-order valence-electron chi connectivity index (χ2n) is 6.79. The van der Waals surface area contributed by atoms with Crippen LogP contribution in [0.4, 0.5) is 0 Å². The number of rotatable bonds is 4. The monoisotopic (exact) mass is 330 g/mol. The molecule has 3 rings (SSSR count). The van der Waals surface area contributed by atoms with Gasteiger partial charge < -0.3 is 15.0 Å². The lowest BCUT2D eigenvalue weighted by molar-refractivity contribution is -0.138. The van der Waals surface area contributed by atoms with E-state index in [9.17, 15) is 9.59 Å². The first-order valence-electron chi connectivity index (χ1n) is 8.89. The predicted molar refractivity (Wildman–Crippen MR) is 91.5 cm³/mol. The maximum atomic E-state index is 12.4. The van der Waals surface area contributed by atoms with Crippen LogP contribution in [-0.4, -0.2) is 42.5 Å². The average molecular weight is 330 g/mol. The number of ether oxygens (including phenoxy) is 1. The predicted octanol–water partition coefficient (Wildman–Crippen LogP) is 2.34. The number of nitrogens with zero attached hydrogens (tertiary/aromatic N) is 1. The van der Waals surface area contributed by atoms with Crippen LogP contribution < -0.4 is 5.32 Å². The molecule has 2 unspecified atom stereocenters. The molecule has 2 aliphatic heterocycles. The molecule has 0 aliphatic carbocycles. The van der Waals surface area contributed by atoms with Crippen LogP contribution in [-0.2, 0) is 14.3 Å². The Morgan fingerprint density at radius 3 is 2.79 bits per heavy atom. The van der Waals surface area contributed by atoms with E-state index in [2.05, 4.69) is 36.5 Å². The maximum absolute atomic E-state index is 12.4. The molecule has 0 aromatic heterocycles. The molecule has 0 radical (unpaired) electrons. The zero-order valence-electron chi connectivity index (χ0n) is 14.3. The average Bonchev–Trinajstić information content (AvgIpc) is 2.58. The van der Waals surface area contributed by atoms with Crippen LogP contribution in [0.1, 0.15) is 49.3 Å². The van der Waals surface area contributed by atoms with Crippen LogP contribution in [0.2, 0.25) is 0 Å². The first-order chi connectivity index (χ1) is 11.6. The lowest BCUT2D eigenvalue weighted by Gasteiger charge is -2.34. The highest BCUT2D eigenvalue weighted by atomic mass is 16.5. The number of hydrogen-bond acceptors (Lipinski definition) is 3. The first kappa shape index (κ1) is 17.0. The van der Waals surface area contributed by atoms with Gasteiger partial charge in [0.1, 0.15) is 6.10 Å². The Kier molecular flexibility index (Phi) is 5.51.